The summed E-state index contributed by atoms with van der Waals surface area (Å²) in [5, 5.41) is 12.4. The summed E-state index contributed by atoms with van der Waals surface area (Å²) < 4.78 is 5.02. The lowest BCUT2D eigenvalue weighted by Crippen LogP contribution is -2.29. The van der Waals surface area contributed by atoms with Crippen molar-refractivity contribution in [1.82, 2.24) is 5.32 Å². The van der Waals surface area contributed by atoms with Crippen LogP contribution in [0.2, 0.25) is 10.0 Å². The molecule has 0 aliphatic rings. The van der Waals surface area contributed by atoms with Crippen molar-refractivity contribution < 1.29 is 14.6 Å². The molecule has 1 rings (SSSR count). The molecule has 1 aromatic carbocycles. The van der Waals surface area contributed by atoms with Crippen molar-refractivity contribution in [3.63, 3.8) is 0 Å². The number of hydrogen-bond donors (Lipinski definition) is 2. The molecule has 106 valence electrons. The zero-order valence-electron chi connectivity index (χ0n) is 10.2. The Morgan fingerprint density at radius 2 is 2.16 bits per heavy atom. The van der Waals surface area contributed by atoms with Gasteiger partial charge in [-0.1, -0.05) is 23.2 Å². The monoisotopic (exact) mass is 323 g/mol. The van der Waals surface area contributed by atoms with Gasteiger partial charge < -0.3 is 15.2 Å². The molecule has 0 atom stereocenters. The van der Waals surface area contributed by atoms with Gasteiger partial charge >= 0.3 is 0 Å². The van der Waals surface area contributed by atoms with E-state index in [4.69, 9.17) is 33.0 Å². The molecule has 0 saturated carbocycles. The molecule has 0 heterocycles. The van der Waals surface area contributed by atoms with Crippen LogP contribution in [0.5, 0.6) is 0 Å². The Labute approximate surface area is 126 Å². The van der Waals surface area contributed by atoms with Gasteiger partial charge in [-0.15, -0.1) is 11.8 Å². The lowest BCUT2D eigenvalue weighted by molar-refractivity contribution is -0.118. The molecule has 0 saturated heterocycles. The molecule has 1 aromatic rings. The van der Waals surface area contributed by atoms with Crippen LogP contribution in [0, 0.1) is 0 Å². The van der Waals surface area contributed by atoms with Crippen LogP contribution in [-0.4, -0.2) is 43.1 Å². The Balaban J connectivity index is 2.24. The molecule has 0 bridgehead atoms. The number of amides is 1. The first-order valence-corrected chi connectivity index (χ1v) is 7.41. The Morgan fingerprint density at radius 3 is 2.89 bits per heavy atom. The summed E-state index contributed by atoms with van der Waals surface area (Å²) >= 11 is 13.2. The number of halogens is 2. The molecule has 0 spiro atoms. The van der Waals surface area contributed by atoms with Gasteiger partial charge in [0.15, 0.2) is 0 Å². The first-order valence-electron chi connectivity index (χ1n) is 5.66. The molecular formula is C12H15Cl2NO3S. The van der Waals surface area contributed by atoms with Crippen LogP contribution in [0.15, 0.2) is 23.1 Å². The standard InChI is InChI=1S/C12H15Cl2NO3S/c13-9-1-2-10(14)11(7-9)19-8-12(17)15-3-5-18-6-4-16/h1-2,7,16H,3-6,8H2,(H,15,17). The summed E-state index contributed by atoms with van der Waals surface area (Å²) in [6.07, 6.45) is 0. The Bertz CT molecular complexity index is 418. The number of ether oxygens (including phenoxy) is 1. The van der Waals surface area contributed by atoms with Gasteiger partial charge in [-0.25, -0.2) is 0 Å². The van der Waals surface area contributed by atoms with Gasteiger partial charge in [-0.3, -0.25) is 4.79 Å². The predicted octanol–water partition coefficient (Wildman–Crippen LogP) is 2.21. The van der Waals surface area contributed by atoms with Gasteiger partial charge in [0.1, 0.15) is 0 Å². The van der Waals surface area contributed by atoms with Crippen LogP contribution in [0.25, 0.3) is 0 Å². The molecule has 4 nitrogen and oxygen atoms in total. The highest BCUT2D eigenvalue weighted by molar-refractivity contribution is 8.00. The number of nitrogens with one attached hydrogen (secondary N) is 1. The Hall–Kier alpha value is -0.460. The van der Waals surface area contributed by atoms with Crippen molar-refractivity contribution in [3.8, 4) is 0 Å². The van der Waals surface area contributed by atoms with Gasteiger partial charge in [-0.05, 0) is 18.2 Å². The number of hydrogen-bond acceptors (Lipinski definition) is 4. The van der Waals surface area contributed by atoms with E-state index in [-0.39, 0.29) is 24.9 Å². The lowest BCUT2D eigenvalue weighted by Gasteiger charge is -2.07. The molecule has 1 amide bonds. The summed E-state index contributed by atoms with van der Waals surface area (Å²) in [6, 6.07) is 5.13. The smallest absolute Gasteiger partial charge is 0.230 e. The highest BCUT2D eigenvalue weighted by atomic mass is 35.5. The SMILES string of the molecule is O=C(CSc1cc(Cl)ccc1Cl)NCCOCCO. The molecule has 0 radical (unpaired) electrons. The summed E-state index contributed by atoms with van der Waals surface area (Å²) in [4.78, 5) is 12.3. The molecular weight excluding hydrogens is 309 g/mol. The number of thioether (sulfide) groups is 1. The summed E-state index contributed by atoms with van der Waals surface area (Å²) in [5.74, 6) is 0.161. The minimum atomic E-state index is -0.103. The van der Waals surface area contributed by atoms with Crippen molar-refractivity contribution in [2.45, 2.75) is 4.90 Å². The third kappa shape index (κ3) is 7.03. The molecule has 7 heteroatoms. The van der Waals surface area contributed by atoms with Crippen LogP contribution in [0.4, 0.5) is 0 Å². The minimum Gasteiger partial charge on any atom is -0.394 e. The Kier molecular flexibility index (Phi) is 8.25. The zero-order chi connectivity index (χ0) is 14.1. The molecule has 2 N–H and O–H groups in total. The normalized spacial score (nSPS) is 10.5. The summed E-state index contributed by atoms with van der Waals surface area (Å²) in [7, 11) is 0. The number of aliphatic hydroxyl groups is 1. The maximum atomic E-state index is 11.5. The van der Waals surface area contributed by atoms with Crippen molar-refractivity contribution in [1.29, 1.82) is 0 Å². The zero-order valence-corrected chi connectivity index (χ0v) is 12.5. The van der Waals surface area contributed by atoms with Crippen LogP contribution >= 0.6 is 35.0 Å². The summed E-state index contributed by atoms with van der Waals surface area (Å²) in [5.41, 5.74) is 0. The predicted molar refractivity (Wildman–Crippen MR) is 78.1 cm³/mol. The molecule has 0 fully saturated rings. The highest BCUT2D eigenvalue weighted by Crippen LogP contribution is 2.29. The lowest BCUT2D eigenvalue weighted by atomic mass is 10.4. The van der Waals surface area contributed by atoms with E-state index < -0.39 is 0 Å². The van der Waals surface area contributed by atoms with Gasteiger partial charge in [0.05, 0.1) is 30.6 Å². The number of rotatable bonds is 8. The second kappa shape index (κ2) is 9.44. The fourth-order valence-corrected chi connectivity index (χ4v) is 2.53. The molecule has 0 aliphatic heterocycles. The van der Waals surface area contributed by atoms with E-state index in [1.807, 2.05) is 0 Å². The van der Waals surface area contributed by atoms with Crippen LogP contribution < -0.4 is 5.32 Å². The molecule has 0 aromatic heterocycles. The summed E-state index contributed by atoms with van der Waals surface area (Å²) in [6.45, 7) is 1.07. The topological polar surface area (TPSA) is 58.6 Å². The average Bonchev–Trinajstić information content (AvgIpc) is 2.39. The van der Waals surface area contributed by atoms with E-state index in [0.29, 0.717) is 23.2 Å². The first kappa shape index (κ1) is 16.6. The van der Waals surface area contributed by atoms with Crippen LogP contribution in [0.3, 0.4) is 0 Å². The van der Waals surface area contributed by atoms with E-state index in [0.717, 1.165) is 4.90 Å². The van der Waals surface area contributed by atoms with Crippen LogP contribution in [-0.2, 0) is 9.53 Å². The Morgan fingerprint density at radius 1 is 1.37 bits per heavy atom. The first-order chi connectivity index (χ1) is 9.13. The molecule has 19 heavy (non-hydrogen) atoms. The van der Waals surface area contributed by atoms with Crippen molar-refractivity contribution in [2.75, 3.05) is 32.1 Å². The van der Waals surface area contributed by atoms with Crippen LogP contribution in [0.1, 0.15) is 0 Å². The van der Waals surface area contributed by atoms with E-state index in [1.54, 1.807) is 18.2 Å². The van der Waals surface area contributed by atoms with Crippen molar-refractivity contribution in [3.05, 3.63) is 28.2 Å². The molecule has 0 unspecified atom stereocenters. The maximum Gasteiger partial charge on any atom is 0.230 e. The quantitative estimate of drug-likeness (QED) is 0.569. The van der Waals surface area contributed by atoms with Gasteiger partial charge in [0.25, 0.3) is 0 Å². The third-order valence-electron chi connectivity index (χ3n) is 2.06. The number of carbonyl (C=O) groups is 1. The highest BCUT2D eigenvalue weighted by Gasteiger charge is 2.06. The number of carbonyl (C=O) groups excluding carboxylic acids is 1. The minimum absolute atomic E-state index is 0.0168. The van der Waals surface area contributed by atoms with Crippen molar-refractivity contribution in [2.24, 2.45) is 0 Å². The number of benzene rings is 1. The second-order valence-electron chi connectivity index (χ2n) is 3.55. The van der Waals surface area contributed by atoms with Gasteiger partial charge in [0.2, 0.25) is 5.91 Å². The van der Waals surface area contributed by atoms with E-state index in [9.17, 15) is 4.79 Å². The van der Waals surface area contributed by atoms with E-state index >= 15 is 0 Å². The van der Waals surface area contributed by atoms with Gasteiger partial charge in [-0.2, -0.15) is 0 Å². The molecule has 0 aliphatic carbocycles. The fourth-order valence-electron chi connectivity index (χ4n) is 1.21. The largest absolute Gasteiger partial charge is 0.394 e. The average molecular weight is 324 g/mol. The van der Waals surface area contributed by atoms with Gasteiger partial charge in [0, 0.05) is 16.5 Å². The van der Waals surface area contributed by atoms with E-state index in [1.165, 1.54) is 11.8 Å². The maximum absolute atomic E-state index is 11.5. The van der Waals surface area contributed by atoms with Crippen molar-refractivity contribution >= 4 is 40.9 Å². The number of aliphatic hydroxyl groups excluding tert-OH is 1. The van der Waals surface area contributed by atoms with E-state index in [2.05, 4.69) is 5.32 Å². The fraction of sp³-hybridized carbons (Fsp3) is 0.417. The third-order valence-corrected chi connectivity index (χ3v) is 3.79. The second-order valence-corrected chi connectivity index (χ2v) is 5.41.